The fraction of sp³-hybridized carbons (Fsp3) is 0.551. The summed E-state index contributed by atoms with van der Waals surface area (Å²) in [6.45, 7) is 13.1. The Morgan fingerprint density at radius 2 is 1.57 bits per heavy atom. The second kappa shape index (κ2) is 17.5. The highest BCUT2D eigenvalue weighted by molar-refractivity contribution is 6.05. The molecular weight excluding hydrogens is 837 g/mol. The molecule has 0 aromatic rings. The third-order valence-electron chi connectivity index (χ3n) is 14.8. The fourth-order valence-corrected chi connectivity index (χ4v) is 10.8. The third-order valence-corrected chi connectivity index (χ3v) is 14.8. The number of likely N-dealkylation sites (N-methyl/N-ethyl adjacent to an activating group) is 1. The van der Waals surface area contributed by atoms with Crippen LogP contribution in [-0.4, -0.2) is 117 Å². The highest BCUT2D eigenvalue weighted by Crippen LogP contribution is 2.56. The van der Waals surface area contributed by atoms with Crippen LogP contribution < -0.4 is 15.6 Å². The molecule has 8 aliphatic rings. The molecule has 16 heteroatoms. The van der Waals surface area contributed by atoms with Crippen molar-refractivity contribution in [3.63, 3.8) is 0 Å². The fourth-order valence-electron chi connectivity index (χ4n) is 10.8. The Balaban J connectivity index is 1.29. The van der Waals surface area contributed by atoms with E-state index < -0.39 is 94.3 Å². The summed E-state index contributed by atoms with van der Waals surface area (Å²) in [7, 11) is 3.55. The van der Waals surface area contributed by atoms with Crippen LogP contribution in [-0.2, 0) is 23.8 Å². The van der Waals surface area contributed by atoms with Crippen LogP contribution in [0.3, 0.4) is 0 Å². The van der Waals surface area contributed by atoms with Crippen molar-refractivity contribution in [2.75, 3.05) is 32.1 Å². The van der Waals surface area contributed by atoms with Crippen molar-refractivity contribution >= 4 is 23.1 Å². The number of ketones is 1. The van der Waals surface area contributed by atoms with Gasteiger partial charge in [0, 0.05) is 91.8 Å². The van der Waals surface area contributed by atoms with Crippen molar-refractivity contribution in [3.05, 3.63) is 98.4 Å². The number of benzene rings is 1. The Hall–Kier alpha value is -5.26. The molecule has 3 aliphatic carbocycles. The van der Waals surface area contributed by atoms with Gasteiger partial charge in [0.2, 0.25) is 5.43 Å². The molecule has 0 aromatic heterocycles. The Bertz CT molecular complexity index is 2450. The number of piperazine rings is 1. The first-order valence-electron chi connectivity index (χ1n) is 22.6. The average Bonchev–Trinajstić information content (AvgIpc) is 3.54. The van der Waals surface area contributed by atoms with E-state index in [0.29, 0.717) is 5.69 Å². The van der Waals surface area contributed by atoms with Crippen molar-refractivity contribution in [1.29, 1.82) is 0 Å². The van der Waals surface area contributed by atoms with E-state index in [4.69, 9.17) is 23.6 Å². The number of fused-ring (bicyclic) bond motifs is 4. The quantitative estimate of drug-likeness (QED) is 0.234. The van der Waals surface area contributed by atoms with Gasteiger partial charge in [-0.1, -0.05) is 45.9 Å². The highest BCUT2D eigenvalue weighted by atomic mass is 16.7. The standard InChI is InChI=1S/C49H62N4O12/c1-22-12-10-13-23(2)48(61)51-39-44(59)35-34(38-46(39)64-33-19-30(18-31(54)37(33)50-38)53-28-14-11-15-29(53)21-52(8)20-28)36-45(27(6)43(35)58)65-49(7,47(36)60)63-17-16-32(62-9)24(3)41(56)26(5)42(57)25(4)40(22)55/h10,12-13,16-19,22,24-26,28-29,32,34-35,40-42,55-57,59-60H,11,14-15,20-21H2,1-9H3,(H,51,61)/b12-10+,17-16+,23-13-/t22-,24+,25+,26-,28?,29?,32-,34?,35?,40-,41+,42+,49-/m0/s1. The Kier molecular flexibility index (Phi) is 12.5. The van der Waals surface area contributed by atoms with E-state index >= 15 is 0 Å². The molecule has 0 radical (unpaired) electrons. The number of aliphatic hydroxyl groups is 5. The lowest BCUT2D eigenvalue weighted by atomic mass is 9.69. The van der Waals surface area contributed by atoms with Gasteiger partial charge in [-0.2, -0.15) is 0 Å². The molecule has 8 rings (SSSR count). The molecule has 4 unspecified atom stereocenters. The first-order chi connectivity index (χ1) is 30.8. The topological polar surface area (TPSA) is 225 Å². The number of anilines is 1. The zero-order valence-corrected chi connectivity index (χ0v) is 38.4. The minimum absolute atomic E-state index is 0.00593. The number of hydrogen-bond donors (Lipinski definition) is 6. The number of nitrogens with one attached hydrogen (secondary N) is 1. The molecule has 5 aliphatic heterocycles. The van der Waals surface area contributed by atoms with Crippen LogP contribution in [0.5, 0.6) is 0 Å². The van der Waals surface area contributed by atoms with Crippen LogP contribution in [0.15, 0.2) is 85.9 Å². The summed E-state index contributed by atoms with van der Waals surface area (Å²) in [5, 5.41) is 61.4. The van der Waals surface area contributed by atoms with Gasteiger partial charge in [0.15, 0.2) is 28.8 Å². The number of ether oxygens (including phenoxy) is 3. The zero-order valence-electron chi connectivity index (χ0n) is 38.4. The molecule has 65 heavy (non-hydrogen) atoms. The van der Waals surface area contributed by atoms with Crippen LogP contribution >= 0.6 is 0 Å². The van der Waals surface area contributed by atoms with E-state index in [2.05, 4.69) is 22.2 Å². The SMILES string of the molecule is CO[C@H]1/C=C/O[C@@]2(C)OC3=C(C)C(=O)C4C(O)=C(NC(=O)/C(C)=C\C=C\[C@H](C)[C@H](O)[C@@H](C)[C@@H](O)[C@@H](C)[C@H](O)[C@@H]1C)c1oc5cc(N6C7CCCC6CN(C)C7)cc(=O)c-5nc1C4C3=C2O. The summed E-state index contributed by atoms with van der Waals surface area (Å²) in [5.74, 6) is -9.30. The second-order valence-corrected chi connectivity index (χ2v) is 19.2. The largest absolute Gasteiger partial charge is 0.509 e. The third kappa shape index (κ3) is 7.90. The van der Waals surface area contributed by atoms with Crippen molar-refractivity contribution in [1.82, 2.24) is 15.2 Å². The molecule has 13 atom stereocenters. The van der Waals surface area contributed by atoms with Gasteiger partial charge >= 0.3 is 5.79 Å². The first-order valence-corrected chi connectivity index (χ1v) is 22.6. The average molecular weight is 899 g/mol. The number of carbonyl (C=O) groups is 2. The van der Waals surface area contributed by atoms with Crippen molar-refractivity contribution in [3.8, 4) is 11.5 Å². The summed E-state index contributed by atoms with van der Waals surface area (Å²) >= 11 is 0. The number of allylic oxidation sites excluding steroid dienone is 5. The number of rotatable bonds is 2. The summed E-state index contributed by atoms with van der Waals surface area (Å²) in [5.41, 5.74) is 0.315. The first kappa shape index (κ1) is 46.3. The van der Waals surface area contributed by atoms with E-state index in [1.165, 1.54) is 39.4 Å². The Morgan fingerprint density at radius 1 is 0.908 bits per heavy atom. The van der Waals surface area contributed by atoms with Crippen LogP contribution in [0.25, 0.3) is 17.2 Å². The lowest BCUT2D eigenvalue weighted by Gasteiger charge is -2.50. The number of amides is 1. The predicted octanol–water partition coefficient (Wildman–Crippen LogP) is 4.97. The summed E-state index contributed by atoms with van der Waals surface area (Å²) in [6.07, 6.45) is 6.62. The molecule has 2 saturated heterocycles. The minimum atomic E-state index is -1.92. The van der Waals surface area contributed by atoms with E-state index in [1.54, 1.807) is 58.9 Å². The number of carbonyl (C=O) groups excluding carboxylic acids is 2. The molecule has 2 fully saturated rings. The molecule has 6 bridgehead atoms. The number of hydrogen-bond acceptors (Lipinski definition) is 15. The van der Waals surface area contributed by atoms with E-state index in [0.717, 1.165) is 32.4 Å². The summed E-state index contributed by atoms with van der Waals surface area (Å²) < 4.78 is 24.7. The molecule has 0 aromatic carbocycles. The maximum absolute atomic E-state index is 14.5. The Labute approximate surface area is 378 Å². The van der Waals surface area contributed by atoms with Gasteiger partial charge in [-0.25, -0.2) is 4.98 Å². The molecular formula is C49H62N4O12. The van der Waals surface area contributed by atoms with Gasteiger partial charge in [0.05, 0.1) is 53.8 Å². The van der Waals surface area contributed by atoms with Crippen LogP contribution in [0.2, 0.25) is 0 Å². The van der Waals surface area contributed by atoms with Gasteiger partial charge in [-0.05, 0) is 46.2 Å². The maximum Gasteiger partial charge on any atom is 0.306 e. The summed E-state index contributed by atoms with van der Waals surface area (Å²) in [6, 6.07) is 3.68. The monoisotopic (exact) mass is 898 g/mol. The predicted molar refractivity (Wildman–Crippen MR) is 240 cm³/mol. The van der Waals surface area contributed by atoms with Gasteiger partial charge in [-0.15, -0.1) is 0 Å². The molecule has 1 amide bonds. The van der Waals surface area contributed by atoms with Gasteiger partial charge in [0.1, 0.15) is 17.2 Å². The van der Waals surface area contributed by atoms with Crippen molar-refractivity contribution in [2.24, 2.45) is 29.6 Å². The molecule has 0 spiro atoms. The molecule has 16 nitrogen and oxygen atoms in total. The van der Waals surface area contributed by atoms with Crippen LogP contribution in [0, 0.1) is 29.6 Å². The van der Waals surface area contributed by atoms with E-state index in [9.17, 15) is 39.9 Å². The molecule has 5 heterocycles. The number of Topliss-reactive ketones (excluding diaryl/α,β-unsaturated/α-hetero) is 1. The van der Waals surface area contributed by atoms with Gasteiger partial charge in [-0.3, -0.25) is 14.4 Å². The maximum atomic E-state index is 14.5. The molecule has 6 N–H and O–H groups in total. The smallest absolute Gasteiger partial charge is 0.306 e. The number of nitrogens with zero attached hydrogens (tertiary/aromatic N) is 3. The molecule has 0 saturated carbocycles. The highest BCUT2D eigenvalue weighted by Gasteiger charge is 2.58. The van der Waals surface area contributed by atoms with Crippen LogP contribution in [0.4, 0.5) is 5.69 Å². The van der Waals surface area contributed by atoms with Crippen LogP contribution in [0.1, 0.15) is 85.1 Å². The summed E-state index contributed by atoms with van der Waals surface area (Å²) in [4.78, 5) is 52.2. The van der Waals surface area contributed by atoms with Gasteiger partial charge < -0.3 is 59.3 Å². The van der Waals surface area contributed by atoms with Crippen molar-refractivity contribution in [2.45, 2.75) is 116 Å². The number of aromatic nitrogens is 1. The van der Waals surface area contributed by atoms with E-state index in [1.807, 2.05) is 0 Å². The number of aliphatic hydroxyl groups excluding tert-OH is 5. The molecule has 350 valence electrons. The van der Waals surface area contributed by atoms with Crippen molar-refractivity contribution < 1.29 is 53.7 Å². The Morgan fingerprint density at radius 3 is 2.25 bits per heavy atom. The number of likely N-dealkylation sites (tertiary alicyclic amines) is 1. The number of piperidine rings is 1. The zero-order chi connectivity index (χ0) is 47.0. The second-order valence-electron chi connectivity index (χ2n) is 19.2. The van der Waals surface area contributed by atoms with Gasteiger partial charge in [0.25, 0.3) is 5.91 Å². The minimum Gasteiger partial charge on any atom is -0.509 e. The lowest BCUT2D eigenvalue weighted by molar-refractivity contribution is -0.146. The normalized spacial score (nSPS) is 37.9. The van der Waals surface area contributed by atoms with E-state index in [-0.39, 0.29) is 63.2 Å². The lowest BCUT2D eigenvalue weighted by Crippen LogP contribution is -2.60. The number of methoxy groups -OCH3 is 1.